The van der Waals surface area contributed by atoms with Gasteiger partial charge >= 0.3 is 6.03 Å². The summed E-state index contributed by atoms with van der Waals surface area (Å²) in [6.07, 6.45) is 12.0. The number of thiazole rings is 1. The van der Waals surface area contributed by atoms with Crippen LogP contribution in [0.5, 0.6) is 0 Å². The van der Waals surface area contributed by atoms with E-state index in [0.29, 0.717) is 37.4 Å². The predicted octanol–water partition coefficient (Wildman–Crippen LogP) is 4.75. The van der Waals surface area contributed by atoms with Crippen LogP contribution in [0.2, 0.25) is 0 Å². The molecule has 1 aromatic rings. The van der Waals surface area contributed by atoms with Gasteiger partial charge in [-0.25, -0.2) is 18.2 Å². The Morgan fingerprint density at radius 3 is 2.35 bits per heavy atom. The molecule has 34 heavy (non-hydrogen) atoms. The maximum atomic E-state index is 13.5. The molecule has 0 spiro atoms. The van der Waals surface area contributed by atoms with Gasteiger partial charge in [-0.1, -0.05) is 46.0 Å². The molecule has 0 aromatic carbocycles. The van der Waals surface area contributed by atoms with Crippen LogP contribution in [0.3, 0.4) is 0 Å². The Kier molecular flexibility index (Phi) is 10.6. The smallest absolute Gasteiger partial charge is 0.319 e. The molecule has 1 saturated carbocycles. The van der Waals surface area contributed by atoms with Crippen LogP contribution in [0.15, 0.2) is 6.20 Å². The van der Waals surface area contributed by atoms with E-state index in [1.54, 1.807) is 11.2 Å². The molecular formula is C24H43N5O3S2. The Hall–Kier alpha value is -1.23. The number of hydrogen-bond acceptors (Lipinski definition) is 6. The number of hydrogen-bond donors (Lipinski definition) is 1. The fraction of sp³-hybridized carbons (Fsp3) is 0.833. The van der Waals surface area contributed by atoms with Crippen LogP contribution in [0.1, 0.15) is 83.4 Å². The van der Waals surface area contributed by atoms with Crippen molar-refractivity contribution in [3.05, 3.63) is 11.1 Å². The molecule has 0 bridgehead atoms. The predicted molar refractivity (Wildman–Crippen MR) is 140 cm³/mol. The van der Waals surface area contributed by atoms with Crippen molar-refractivity contribution < 1.29 is 13.2 Å². The molecule has 1 aromatic heterocycles. The van der Waals surface area contributed by atoms with E-state index in [2.05, 4.69) is 33.9 Å². The molecule has 10 heteroatoms. The van der Waals surface area contributed by atoms with Crippen molar-refractivity contribution in [1.29, 1.82) is 0 Å². The van der Waals surface area contributed by atoms with Crippen molar-refractivity contribution in [2.75, 3.05) is 37.2 Å². The summed E-state index contributed by atoms with van der Waals surface area (Å²) in [5.41, 5.74) is 0. The van der Waals surface area contributed by atoms with E-state index in [-0.39, 0.29) is 17.8 Å². The van der Waals surface area contributed by atoms with Crippen molar-refractivity contribution in [3.8, 4) is 0 Å². The number of carbonyl (C=O) groups excluding carboxylic acids is 1. The summed E-state index contributed by atoms with van der Waals surface area (Å²) in [6, 6.07) is 0.610. The molecule has 2 aliphatic rings. The Morgan fingerprint density at radius 1 is 1.12 bits per heavy atom. The zero-order valence-corrected chi connectivity index (χ0v) is 22.8. The van der Waals surface area contributed by atoms with Crippen LogP contribution in [0.25, 0.3) is 0 Å². The molecule has 0 atom stereocenters. The molecule has 3 rings (SSSR count). The molecule has 2 amide bonds. The minimum atomic E-state index is -3.12. The average Bonchev–Trinajstić information content (AvgIpc) is 3.27. The standard InChI is InChI=1S/C24H43N5O3S2/c1-4-10-20(11-5-2)29(21-12-8-7-9-13-21)24(30)26-23-25-18-22(33-23)19-27-14-16-28(17-15-27)34(31,32)6-3/h18,20-21H,4-17,19H2,1-3H3,(H,25,26,30). The van der Waals surface area contributed by atoms with Gasteiger partial charge < -0.3 is 4.90 Å². The zero-order valence-electron chi connectivity index (χ0n) is 21.2. The second-order valence-corrected chi connectivity index (χ2v) is 12.9. The summed E-state index contributed by atoms with van der Waals surface area (Å²) in [6.45, 7) is 9.31. The normalized spacial score (nSPS) is 18.9. The van der Waals surface area contributed by atoms with Crippen LogP contribution in [-0.2, 0) is 16.6 Å². The van der Waals surface area contributed by atoms with Gasteiger partial charge in [0.05, 0.1) is 5.75 Å². The molecular weight excluding hydrogens is 470 g/mol. The van der Waals surface area contributed by atoms with Gasteiger partial charge in [0.25, 0.3) is 0 Å². The van der Waals surface area contributed by atoms with E-state index in [9.17, 15) is 13.2 Å². The summed E-state index contributed by atoms with van der Waals surface area (Å²) in [7, 11) is -3.12. The Labute approximate surface area is 210 Å². The first kappa shape index (κ1) is 27.4. The van der Waals surface area contributed by atoms with Gasteiger partial charge in [0, 0.05) is 55.9 Å². The number of piperazine rings is 1. The van der Waals surface area contributed by atoms with Gasteiger partial charge in [-0.2, -0.15) is 4.31 Å². The largest absolute Gasteiger partial charge is 0.324 e. The third-order valence-electron chi connectivity index (χ3n) is 7.08. The number of nitrogens with zero attached hydrogens (tertiary/aromatic N) is 4. The van der Waals surface area contributed by atoms with Gasteiger partial charge in [0.2, 0.25) is 10.0 Å². The first-order valence-electron chi connectivity index (χ1n) is 13.1. The van der Waals surface area contributed by atoms with E-state index in [0.717, 1.165) is 49.9 Å². The van der Waals surface area contributed by atoms with Crippen molar-refractivity contribution in [3.63, 3.8) is 0 Å². The molecule has 1 aliphatic carbocycles. The monoisotopic (exact) mass is 513 g/mol. The summed E-state index contributed by atoms with van der Waals surface area (Å²) < 4.78 is 25.7. The van der Waals surface area contributed by atoms with Crippen molar-refractivity contribution in [2.45, 2.75) is 97.2 Å². The Bertz CT molecular complexity index is 856. The first-order chi connectivity index (χ1) is 16.4. The lowest BCUT2D eigenvalue weighted by molar-refractivity contribution is 0.123. The van der Waals surface area contributed by atoms with Crippen molar-refractivity contribution in [1.82, 2.24) is 19.1 Å². The van der Waals surface area contributed by atoms with E-state index >= 15 is 0 Å². The molecule has 1 N–H and O–H groups in total. The summed E-state index contributed by atoms with van der Waals surface area (Å²) in [4.78, 5) is 23.5. The maximum Gasteiger partial charge on any atom is 0.324 e. The first-order valence-corrected chi connectivity index (χ1v) is 15.5. The summed E-state index contributed by atoms with van der Waals surface area (Å²) >= 11 is 1.52. The van der Waals surface area contributed by atoms with Crippen molar-refractivity contribution in [2.24, 2.45) is 0 Å². The number of anilines is 1. The van der Waals surface area contributed by atoms with Gasteiger partial charge in [-0.15, -0.1) is 11.3 Å². The fourth-order valence-corrected chi connectivity index (χ4v) is 7.17. The van der Waals surface area contributed by atoms with E-state index in [1.165, 1.54) is 30.6 Å². The number of nitrogens with one attached hydrogen (secondary N) is 1. The van der Waals surface area contributed by atoms with E-state index in [4.69, 9.17) is 0 Å². The highest BCUT2D eigenvalue weighted by molar-refractivity contribution is 7.89. The third-order valence-corrected chi connectivity index (χ3v) is 9.86. The number of urea groups is 1. The summed E-state index contributed by atoms with van der Waals surface area (Å²) in [5, 5.41) is 3.77. The molecule has 1 saturated heterocycles. The van der Waals surface area contributed by atoms with E-state index in [1.807, 2.05) is 6.20 Å². The molecule has 1 aliphatic heterocycles. The fourth-order valence-electron chi connectivity index (χ4n) is 5.24. The van der Waals surface area contributed by atoms with Gasteiger partial charge in [-0.05, 0) is 32.6 Å². The second-order valence-electron chi connectivity index (χ2n) is 9.57. The molecule has 2 fully saturated rings. The maximum absolute atomic E-state index is 13.5. The number of aromatic nitrogens is 1. The van der Waals surface area contributed by atoms with Crippen LogP contribution in [0.4, 0.5) is 9.93 Å². The number of rotatable bonds is 11. The highest BCUT2D eigenvalue weighted by atomic mass is 32.2. The minimum Gasteiger partial charge on any atom is -0.319 e. The van der Waals surface area contributed by atoms with Crippen LogP contribution >= 0.6 is 11.3 Å². The van der Waals surface area contributed by atoms with Crippen LogP contribution in [-0.4, -0.2) is 77.6 Å². The quantitative estimate of drug-likeness (QED) is 0.462. The Balaban J connectivity index is 1.60. The average molecular weight is 514 g/mol. The summed E-state index contributed by atoms with van der Waals surface area (Å²) in [5.74, 6) is 0.153. The van der Waals surface area contributed by atoms with Crippen molar-refractivity contribution >= 4 is 32.5 Å². The SMILES string of the molecule is CCCC(CCC)N(C(=O)Nc1ncc(CN2CCN(S(=O)(=O)CC)CC2)s1)C1CCCCC1. The van der Waals surface area contributed by atoms with E-state index < -0.39 is 10.0 Å². The third kappa shape index (κ3) is 7.38. The Morgan fingerprint density at radius 2 is 1.76 bits per heavy atom. The number of carbonyl (C=O) groups is 1. The van der Waals surface area contributed by atoms with Gasteiger partial charge in [0.1, 0.15) is 0 Å². The highest BCUT2D eigenvalue weighted by Gasteiger charge is 2.31. The number of amides is 2. The second kappa shape index (κ2) is 13.2. The molecule has 8 nitrogen and oxygen atoms in total. The lowest BCUT2D eigenvalue weighted by Crippen LogP contribution is -2.50. The molecule has 0 radical (unpaired) electrons. The lowest BCUT2D eigenvalue weighted by atomic mass is 9.92. The zero-order chi connectivity index (χ0) is 24.6. The van der Waals surface area contributed by atoms with Crippen LogP contribution < -0.4 is 5.32 Å². The molecule has 194 valence electrons. The lowest BCUT2D eigenvalue weighted by Gasteiger charge is -2.40. The number of sulfonamides is 1. The van der Waals surface area contributed by atoms with Gasteiger partial charge in [0.15, 0.2) is 5.13 Å². The molecule has 2 heterocycles. The molecule has 0 unspecified atom stereocenters. The minimum absolute atomic E-state index is 0.00177. The van der Waals surface area contributed by atoms with Gasteiger partial charge in [-0.3, -0.25) is 10.2 Å². The van der Waals surface area contributed by atoms with Crippen LogP contribution in [0, 0.1) is 0 Å². The topological polar surface area (TPSA) is 85.8 Å². The highest BCUT2D eigenvalue weighted by Crippen LogP contribution is 2.29.